The van der Waals surface area contributed by atoms with Gasteiger partial charge in [0.2, 0.25) is 0 Å². The molecule has 0 radical (unpaired) electrons. The summed E-state index contributed by atoms with van der Waals surface area (Å²) in [7, 11) is 0. The van der Waals surface area contributed by atoms with Crippen LogP contribution in [0.4, 0.5) is 0 Å². The van der Waals surface area contributed by atoms with Gasteiger partial charge in [-0.2, -0.15) is 0 Å². The average Bonchev–Trinajstić information content (AvgIpc) is 2.32. The lowest BCUT2D eigenvalue weighted by Crippen LogP contribution is -2.49. The summed E-state index contributed by atoms with van der Waals surface area (Å²) in [5.74, 6) is -0.339. The molecule has 1 aromatic heterocycles. The van der Waals surface area contributed by atoms with Crippen LogP contribution in [0, 0.1) is 0 Å². The molecule has 1 amide bonds. The number of H-pyrrole nitrogens is 1. The van der Waals surface area contributed by atoms with Crippen molar-refractivity contribution in [3.8, 4) is 0 Å². The minimum atomic E-state index is -0.339. The minimum Gasteiger partial charge on any atom is -0.367 e. The summed E-state index contributed by atoms with van der Waals surface area (Å²) in [6.45, 7) is 0. The summed E-state index contributed by atoms with van der Waals surface area (Å²) in [5, 5.41) is 2.84. The maximum Gasteiger partial charge on any atom is 0.257 e. The van der Waals surface area contributed by atoms with Gasteiger partial charge in [-0.1, -0.05) is 12.8 Å². The molecule has 92 valence electrons. The summed E-state index contributed by atoms with van der Waals surface area (Å²) < 4.78 is 0. The third-order valence-corrected chi connectivity index (χ3v) is 3.20. The molecule has 0 bridgehead atoms. The van der Waals surface area contributed by atoms with E-state index in [1.54, 1.807) is 0 Å². The van der Waals surface area contributed by atoms with Crippen LogP contribution in [0.3, 0.4) is 0 Å². The van der Waals surface area contributed by atoms with E-state index in [1.165, 1.54) is 18.5 Å². The summed E-state index contributed by atoms with van der Waals surface area (Å²) in [5.41, 5.74) is 5.81. The fraction of sp³-hybridized carbons (Fsp3) is 0.500. The van der Waals surface area contributed by atoms with Crippen molar-refractivity contribution in [1.82, 2.24) is 10.3 Å². The molecule has 1 fully saturated rings. The fourth-order valence-electron chi connectivity index (χ4n) is 2.18. The van der Waals surface area contributed by atoms with Crippen molar-refractivity contribution in [2.24, 2.45) is 5.73 Å². The number of pyridine rings is 1. The Kier molecular flexibility index (Phi) is 3.58. The van der Waals surface area contributed by atoms with Crippen molar-refractivity contribution < 1.29 is 4.79 Å². The van der Waals surface area contributed by atoms with Gasteiger partial charge in [-0.25, -0.2) is 0 Å². The van der Waals surface area contributed by atoms with Gasteiger partial charge in [0.05, 0.1) is 0 Å². The third-order valence-electron chi connectivity index (χ3n) is 3.20. The molecular formula is C12H17N3O2. The van der Waals surface area contributed by atoms with E-state index in [0.29, 0.717) is 0 Å². The quantitative estimate of drug-likeness (QED) is 0.692. The standard InChI is InChI=1S/C12H17N3O2/c13-9-3-1-2-4-10(9)15-12(17)8-7-14-6-5-11(8)16/h5-7,9-10H,1-4,13H2,(H,14,16)(H,15,17)/t9-,10-/m1/s1. The Labute approximate surface area is 99.4 Å². The highest BCUT2D eigenvalue weighted by Gasteiger charge is 2.24. The van der Waals surface area contributed by atoms with E-state index < -0.39 is 0 Å². The Hall–Kier alpha value is -1.62. The third kappa shape index (κ3) is 2.74. The van der Waals surface area contributed by atoms with Crippen LogP contribution in [0.15, 0.2) is 23.3 Å². The van der Waals surface area contributed by atoms with Gasteiger partial charge in [0.15, 0.2) is 5.43 Å². The highest BCUT2D eigenvalue weighted by atomic mass is 16.2. The Balaban J connectivity index is 2.06. The number of hydrogen-bond donors (Lipinski definition) is 3. The molecule has 0 unspecified atom stereocenters. The SMILES string of the molecule is N[C@@H]1CCCC[C@H]1NC(=O)c1c[nH]ccc1=O. The topological polar surface area (TPSA) is 88.0 Å². The van der Waals surface area contributed by atoms with E-state index in [4.69, 9.17) is 5.73 Å². The first-order chi connectivity index (χ1) is 8.18. The van der Waals surface area contributed by atoms with Gasteiger partial charge in [0.1, 0.15) is 5.56 Å². The maximum absolute atomic E-state index is 11.9. The van der Waals surface area contributed by atoms with Crippen LogP contribution in [0.5, 0.6) is 0 Å². The van der Waals surface area contributed by atoms with Crippen LogP contribution >= 0.6 is 0 Å². The van der Waals surface area contributed by atoms with Crippen molar-refractivity contribution in [3.63, 3.8) is 0 Å². The smallest absolute Gasteiger partial charge is 0.257 e. The average molecular weight is 235 g/mol. The van der Waals surface area contributed by atoms with Crippen molar-refractivity contribution in [2.45, 2.75) is 37.8 Å². The predicted molar refractivity (Wildman–Crippen MR) is 64.8 cm³/mol. The van der Waals surface area contributed by atoms with Gasteiger partial charge in [0.25, 0.3) is 5.91 Å². The van der Waals surface area contributed by atoms with E-state index in [1.807, 2.05) is 0 Å². The molecule has 0 aromatic carbocycles. The van der Waals surface area contributed by atoms with E-state index in [-0.39, 0.29) is 29.0 Å². The first kappa shape index (κ1) is 11.9. The molecule has 0 saturated heterocycles. The van der Waals surface area contributed by atoms with Crippen LogP contribution in [0.1, 0.15) is 36.0 Å². The first-order valence-corrected chi connectivity index (χ1v) is 5.92. The van der Waals surface area contributed by atoms with Crippen LogP contribution in [0.25, 0.3) is 0 Å². The molecule has 1 heterocycles. The Morgan fingerprint density at radius 1 is 1.41 bits per heavy atom. The molecule has 1 aromatic rings. The predicted octanol–water partition coefficient (Wildman–Crippen LogP) is 0.375. The Morgan fingerprint density at radius 3 is 2.88 bits per heavy atom. The van der Waals surface area contributed by atoms with Crippen molar-refractivity contribution in [2.75, 3.05) is 0 Å². The highest BCUT2D eigenvalue weighted by molar-refractivity contribution is 5.93. The molecule has 2 atom stereocenters. The number of carbonyl (C=O) groups excluding carboxylic acids is 1. The number of aromatic nitrogens is 1. The van der Waals surface area contributed by atoms with E-state index >= 15 is 0 Å². The Bertz CT molecular complexity index is 455. The van der Waals surface area contributed by atoms with E-state index in [2.05, 4.69) is 10.3 Å². The van der Waals surface area contributed by atoms with Crippen LogP contribution in [-0.2, 0) is 0 Å². The lowest BCUT2D eigenvalue weighted by molar-refractivity contribution is 0.0920. The van der Waals surface area contributed by atoms with Gasteiger partial charge < -0.3 is 16.0 Å². The number of hydrogen-bond acceptors (Lipinski definition) is 3. The lowest BCUT2D eigenvalue weighted by Gasteiger charge is -2.29. The molecule has 4 N–H and O–H groups in total. The number of nitrogens with one attached hydrogen (secondary N) is 2. The normalized spacial score (nSPS) is 24.3. The Morgan fingerprint density at radius 2 is 2.18 bits per heavy atom. The summed E-state index contributed by atoms with van der Waals surface area (Å²) in [6, 6.07) is 1.32. The van der Waals surface area contributed by atoms with Gasteiger partial charge in [0, 0.05) is 30.5 Å². The second kappa shape index (κ2) is 5.14. The van der Waals surface area contributed by atoms with E-state index in [0.717, 1.165) is 25.7 Å². The zero-order valence-corrected chi connectivity index (χ0v) is 9.61. The summed E-state index contributed by atoms with van der Waals surface area (Å²) in [4.78, 5) is 26.1. The van der Waals surface area contributed by atoms with Gasteiger partial charge in [-0.05, 0) is 12.8 Å². The fourth-order valence-corrected chi connectivity index (χ4v) is 2.18. The van der Waals surface area contributed by atoms with Gasteiger partial charge in [-0.15, -0.1) is 0 Å². The van der Waals surface area contributed by atoms with Crippen LogP contribution < -0.4 is 16.5 Å². The number of carbonyl (C=O) groups is 1. The molecule has 5 nitrogen and oxygen atoms in total. The largest absolute Gasteiger partial charge is 0.367 e. The maximum atomic E-state index is 11.9. The van der Waals surface area contributed by atoms with E-state index in [9.17, 15) is 9.59 Å². The molecule has 0 spiro atoms. The van der Waals surface area contributed by atoms with Crippen molar-refractivity contribution >= 4 is 5.91 Å². The zero-order valence-electron chi connectivity index (χ0n) is 9.61. The second-order valence-corrected chi connectivity index (χ2v) is 4.45. The molecule has 5 heteroatoms. The van der Waals surface area contributed by atoms with Gasteiger partial charge >= 0.3 is 0 Å². The molecular weight excluding hydrogens is 218 g/mol. The first-order valence-electron chi connectivity index (χ1n) is 5.92. The van der Waals surface area contributed by atoms with Crippen molar-refractivity contribution in [1.29, 1.82) is 0 Å². The summed E-state index contributed by atoms with van der Waals surface area (Å²) >= 11 is 0. The number of rotatable bonds is 2. The second-order valence-electron chi connectivity index (χ2n) is 4.45. The zero-order chi connectivity index (χ0) is 12.3. The molecule has 1 aliphatic rings. The molecule has 17 heavy (non-hydrogen) atoms. The monoisotopic (exact) mass is 235 g/mol. The van der Waals surface area contributed by atoms with Crippen molar-refractivity contribution in [3.05, 3.63) is 34.2 Å². The highest BCUT2D eigenvalue weighted by Crippen LogP contribution is 2.16. The van der Waals surface area contributed by atoms with Gasteiger partial charge in [-0.3, -0.25) is 9.59 Å². The number of aromatic amines is 1. The lowest BCUT2D eigenvalue weighted by atomic mass is 9.91. The van der Waals surface area contributed by atoms with Crippen LogP contribution in [0.2, 0.25) is 0 Å². The van der Waals surface area contributed by atoms with Crippen LogP contribution in [-0.4, -0.2) is 23.0 Å². The molecule has 1 aliphatic carbocycles. The molecule has 2 rings (SSSR count). The molecule has 1 saturated carbocycles. The number of nitrogens with two attached hydrogens (primary N) is 1. The minimum absolute atomic E-state index is 0.00417. The molecule has 0 aliphatic heterocycles. The number of amides is 1. The summed E-state index contributed by atoms with van der Waals surface area (Å²) in [6.07, 6.45) is 6.93.